The second-order valence-corrected chi connectivity index (χ2v) is 6.48. The summed E-state index contributed by atoms with van der Waals surface area (Å²) in [5.41, 5.74) is 1.40. The van der Waals surface area contributed by atoms with Crippen LogP contribution in [0.1, 0.15) is 15.9 Å². The average Bonchev–Trinajstić information content (AvgIpc) is 3.03. The van der Waals surface area contributed by atoms with Gasteiger partial charge in [-0.25, -0.2) is 13.6 Å². The predicted octanol–water partition coefficient (Wildman–Crippen LogP) is 4.78. The Morgan fingerprint density at radius 2 is 1.93 bits per heavy atom. The molecule has 4 rings (SSSR count). The number of carboxylic acids is 1. The molecular formula is C20H12ClF2N3O2. The maximum Gasteiger partial charge on any atom is 0.335 e. The lowest BCUT2D eigenvalue weighted by molar-refractivity contribution is 0.0696. The fourth-order valence-electron chi connectivity index (χ4n) is 2.98. The molecule has 0 aliphatic heterocycles. The van der Waals surface area contributed by atoms with Gasteiger partial charge in [0.15, 0.2) is 0 Å². The number of carbonyl (C=O) groups is 1. The van der Waals surface area contributed by atoms with Crippen LogP contribution in [0.25, 0.3) is 22.3 Å². The number of benzene rings is 2. The molecule has 2 aromatic heterocycles. The van der Waals surface area contributed by atoms with Crippen molar-refractivity contribution in [3.8, 4) is 11.3 Å². The summed E-state index contributed by atoms with van der Waals surface area (Å²) in [6.45, 7) is 0.0303. The maximum absolute atomic E-state index is 14.6. The number of pyridine rings is 1. The molecule has 0 aliphatic carbocycles. The van der Waals surface area contributed by atoms with Crippen molar-refractivity contribution in [2.24, 2.45) is 0 Å². The summed E-state index contributed by atoms with van der Waals surface area (Å²) < 4.78 is 30.3. The zero-order valence-corrected chi connectivity index (χ0v) is 15.0. The van der Waals surface area contributed by atoms with E-state index in [2.05, 4.69) is 10.1 Å². The number of rotatable bonds is 4. The topological polar surface area (TPSA) is 68.0 Å². The van der Waals surface area contributed by atoms with E-state index < -0.39 is 17.6 Å². The Labute approximate surface area is 162 Å². The molecule has 0 spiro atoms. The van der Waals surface area contributed by atoms with Gasteiger partial charge in [-0.3, -0.25) is 9.67 Å². The van der Waals surface area contributed by atoms with Gasteiger partial charge in [0, 0.05) is 22.3 Å². The molecule has 4 aromatic rings. The number of carboxylic acid groups (broad SMARTS) is 1. The Bertz CT molecular complexity index is 1200. The summed E-state index contributed by atoms with van der Waals surface area (Å²) in [5.74, 6) is -2.44. The van der Waals surface area contributed by atoms with Crippen LogP contribution in [0.3, 0.4) is 0 Å². The van der Waals surface area contributed by atoms with Crippen molar-refractivity contribution in [3.05, 3.63) is 82.5 Å². The Morgan fingerprint density at radius 1 is 1.11 bits per heavy atom. The number of fused-ring (bicyclic) bond motifs is 1. The van der Waals surface area contributed by atoms with Crippen molar-refractivity contribution in [2.45, 2.75) is 6.54 Å². The van der Waals surface area contributed by atoms with Gasteiger partial charge >= 0.3 is 5.97 Å². The highest BCUT2D eigenvalue weighted by Gasteiger charge is 2.19. The molecule has 0 unspecified atom stereocenters. The third kappa shape index (κ3) is 3.10. The number of hydrogen-bond acceptors (Lipinski definition) is 3. The monoisotopic (exact) mass is 399 g/mol. The molecular weight excluding hydrogens is 388 g/mol. The first kappa shape index (κ1) is 18.1. The Hall–Kier alpha value is -3.32. The van der Waals surface area contributed by atoms with Crippen LogP contribution in [0.5, 0.6) is 0 Å². The molecule has 0 saturated carbocycles. The molecule has 0 bridgehead atoms. The maximum atomic E-state index is 14.6. The van der Waals surface area contributed by atoms with Crippen LogP contribution in [0.4, 0.5) is 8.78 Å². The molecule has 0 saturated heterocycles. The normalized spacial score (nSPS) is 11.1. The number of halogens is 3. The molecule has 28 heavy (non-hydrogen) atoms. The third-order valence-electron chi connectivity index (χ3n) is 4.35. The van der Waals surface area contributed by atoms with E-state index in [4.69, 9.17) is 16.7 Å². The first-order chi connectivity index (χ1) is 13.5. The molecule has 1 N–H and O–H groups in total. The molecule has 5 nitrogen and oxygen atoms in total. The van der Waals surface area contributed by atoms with Crippen molar-refractivity contribution in [3.63, 3.8) is 0 Å². The summed E-state index contributed by atoms with van der Waals surface area (Å²) in [7, 11) is 0. The van der Waals surface area contributed by atoms with E-state index in [1.807, 2.05) is 0 Å². The van der Waals surface area contributed by atoms with E-state index in [9.17, 15) is 13.6 Å². The van der Waals surface area contributed by atoms with Crippen molar-refractivity contribution < 1.29 is 18.7 Å². The zero-order chi connectivity index (χ0) is 19.8. The smallest absolute Gasteiger partial charge is 0.335 e. The van der Waals surface area contributed by atoms with Crippen LogP contribution < -0.4 is 0 Å². The first-order valence-electron chi connectivity index (χ1n) is 8.23. The van der Waals surface area contributed by atoms with Gasteiger partial charge in [-0.15, -0.1) is 0 Å². The number of aromatic carboxylic acids is 1. The predicted molar refractivity (Wildman–Crippen MR) is 100 cm³/mol. The van der Waals surface area contributed by atoms with Crippen molar-refractivity contribution in [1.82, 2.24) is 14.8 Å². The molecule has 0 fully saturated rings. The van der Waals surface area contributed by atoms with Gasteiger partial charge in [0.2, 0.25) is 0 Å². The Morgan fingerprint density at radius 3 is 2.64 bits per heavy atom. The van der Waals surface area contributed by atoms with Crippen LogP contribution in [0.15, 0.2) is 54.7 Å². The van der Waals surface area contributed by atoms with Gasteiger partial charge in [-0.2, -0.15) is 5.10 Å². The minimum Gasteiger partial charge on any atom is -0.478 e. The van der Waals surface area contributed by atoms with Crippen molar-refractivity contribution in [1.29, 1.82) is 0 Å². The average molecular weight is 400 g/mol. The lowest BCUT2D eigenvalue weighted by atomic mass is 10.1. The number of nitrogens with zero attached hydrogens (tertiary/aromatic N) is 3. The molecule has 0 amide bonds. The summed E-state index contributed by atoms with van der Waals surface area (Å²) in [5, 5.41) is 13.7. The fraction of sp³-hybridized carbons (Fsp3) is 0.0500. The van der Waals surface area contributed by atoms with E-state index in [0.717, 1.165) is 6.07 Å². The van der Waals surface area contributed by atoms with Gasteiger partial charge in [0.05, 0.1) is 17.6 Å². The largest absolute Gasteiger partial charge is 0.478 e. The number of aromatic nitrogens is 3. The van der Waals surface area contributed by atoms with Crippen LogP contribution >= 0.6 is 11.6 Å². The minimum absolute atomic E-state index is 0.0303. The minimum atomic E-state index is -1.23. The highest BCUT2D eigenvalue weighted by atomic mass is 35.5. The lowest BCUT2D eigenvalue weighted by Crippen LogP contribution is -2.05. The zero-order valence-electron chi connectivity index (χ0n) is 14.2. The van der Waals surface area contributed by atoms with Crippen LogP contribution in [0.2, 0.25) is 5.02 Å². The van der Waals surface area contributed by atoms with Crippen molar-refractivity contribution >= 4 is 28.6 Å². The van der Waals surface area contributed by atoms with Crippen LogP contribution in [0, 0.1) is 11.6 Å². The van der Waals surface area contributed by atoms with Gasteiger partial charge in [-0.05, 0) is 42.5 Å². The van der Waals surface area contributed by atoms with Crippen molar-refractivity contribution in [2.75, 3.05) is 0 Å². The highest BCUT2D eigenvalue weighted by molar-refractivity contribution is 6.31. The Balaban J connectivity index is 1.87. The molecule has 8 heteroatoms. The summed E-state index contributed by atoms with van der Waals surface area (Å²) in [4.78, 5) is 15.3. The van der Waals surface area contributed by atoms with Gasteiger partial charge in [0.1, 0.15) is 22.8 Å². The van der Waals surface area contributed by atoms with E-state index >= 15 is 0 Å². The van der Waals surface area contributed by atoms with Gasteiger partial charge < -0.3 is 5.11 Å². The molecule has 140 valence electrons. The third-order valence-corrected chi connectivity index (χ3v) is 4.70. The highest BCUT2D eigenvalue weighted by Crippen LogP contribution is 2.30. The van der Waals surface area contributed by atoms with E-state index in [0.29, 0.717) is 11.0 Å². The molecule has 0 radical (unpaired) electrons. The molecule has 2 aromatic carbocycles. The molecule has 2 heterocycles. The summed E-state index contributed by atoms with van der Waals surface area (Å²) in [6.07, 6.45) is 1.54. The second-order valence-electron chi connectivity index (χ2n) is 6.08. The number of hydrogen-bond donors (Lipinski definition) is 1. The van der Waals surface area contributed by atoms with Gasteiger partial charge in [-0.1, -0.05) is 17.7 Å². The molecule has 0 aliphatic rings. The standard InChI is InChI=1S/C20H12ClF2N3O2/c21-14-3-1-4-15(22)13(14)10-26-17-5-2-8-24-19(17)18(25-26)12-7-6-11(20(27)28)9-16(12)23/h1-9H,10H2,(H,27,28). The lowest BCUT2D eigenvalue weighted by Gasteiger charge is -2.07. The SMILES string of the molecule is O=C(O)c1ccc(-c2nn(Cc3c(F)cccc3Cl)c3cccnc23)c(F)c1. The van der Waals surface area contributed by atoms with E-state index in [-0.39, 0.29) is 34.0 Å². The Kier molecular flexibility index (Phi) is 4.52. The van der Waals surface area contributed by atoms with Gasteiger partial charge in [0.25, 0.3) is 0 Å². The second kappa shape index (κ2) is 7.01. The quantitative estimate of drug-likeness (QED) is 0.536. The van der Waals surface area contributed by atoms with E-state index in [1.54, 1.807) is 18.2 Å². The van der Waals surface area contributed by atoms with Crippen LogP contribution in [-0.2, 0) is 6.54 Å². The van der Waals surface area contributed by atoms with Crippen LogP contribution in [-0.4, -0.2) is 25.8 Å². The fourth-order valence-corrected chi connectivity index (χ4v) is 3.21. The summed E-state index contributed by atoms with van der Waals surface area (Å²) >= 11 is 6.11. The summed E-state index contributed by atoms with van der Waals surface area (Å²) in [6, 6.07) is 11.4. The van der Waals surface area contributed by atoms with E-state index in [1.165, 1.54) is 35.1 Å². The first-order valence-corrected chi connectivity index (χ1v) is 8.61. The molecule has 0 atom stereocenters.